The highest BCUT2D eigenvalue weighted by Crippen LogP contribution is 2.22. The second-order valence-corrected chi connectivity index (χ2v) is 7.60. The van der Waals surface area contributed by atoms with Crippen LogP contribution in [0.25, 0.3) is 5.69 Å². The number of nitrogens with two attached hydrogens (primary N) is 1. The van der Waals surface area contributed by atoms with Gasteiger partial charge in [-0.3, -0.25) is 0 Å². The summed E-state index contributed by atoms with van der Waals surface area (Å²) in [6, 6.07) is 19.7. The number of rotatable bonds is 6. The molecule has 30 heavy (non-hydrogen) atoms. The van der Waals surface area contributed by atoms with Crippen LogP contribution in [-0.4, -0.2) is 9.55 Å². The van der Waals surface area contributed by atoms with E-state index in [0.717, 1.165) is 28.3 Å². The Morgan fingerprint density at radius 3 is 2.10 bits per heavy atom. The highest BCUT2D eigenvalue weighted by Gasteiger charge is 2.15. The van der Waals surface area contributed by atoms with E-state index >= 15 is 0 Å². The lowest BCUT2D eigenvalue weighted by molar-refractivity contribution is 0.624. The van der Waals surface area contributed by atoms with Gasteiger partial charge in [0, 0.05) is 35.8 Å². The standard InChI is InChI=1S/C24H20ClF2N3/c25-18-5-11-22(12-6-18)30-15-21(14-23(28)17-3-9-20(27)10-4-17)29-24(30)13-16-1-7-19(26)8-2-16/h1-12,15,23H,13-14,28H2. The van der Waals surface area contributed by atoms with Crippen LogP contribution in [0.1, 0.15) is 28.7 Å². The van der Waals surface area contributed by atoms with Crippen LogP contribution >= 0.6 is 11.6 Å². The van der Waals surface area contributed by atoms with E-state index in [1.807, 2.05) is 35.0 Å². The predicted molar refractivity (Wildman–Crippen MR) is 115 cm³/mol. The fraction of sp³-hybridized carbons (Fsp3) is 0.125. The maximum absolute atomic E-state index is 13.3. The molecule has 2 N–H and O–H groups in total. The van der Waals surface area contributed by atoms with Gasteiger partial charge in [-0.2, -0.15) is 0 Å². The smallest absolute Gasteiger partial charge is 0.123 e. The molecular formula is C24H20ClF2N3. The van der Waals surface area contributed by atoms with Gasteiger partial charge in [0.2, 0.25) is 0 Å². The van der Waals surface area contributed by atoms with Crippen molar-refractivity contribution in [1.82, 2.24) is 9.55 Å². The Morgan fingerprint density at radius 1 is 0.867 bits per heavy atom. The molecule has 152 valence electrons. The lowest BCUT2D eigenvalue weighted by Gasteiger charge is -2.10. The van der Waals surface area contributed by atoms with Crippen LogP contribution in [0.3, 0.4) is 0 Å². The van der Waals surface area contributed by atoms with Crippen molar-refractivity contribution in [2.45, 2.75) is 18.9 Å². The molecule has 1 unspecified atom stereocenters. The first-order chi connectivity index (χ1) is 14.5. The highest BCUT2D eigenvalue weighted by atomic mass is 35.5. The van der Waals surface area contributed by atoms with Gasteiger partial charge in [0.1, 0.15) is 17.5 Å². The molecule has 3 aromatic carbocycles. The Kier molecular flexibility index (Phi) is 5.93. The summed E-state index contributed by atoms with van der Waals surface area (Å²) >= 11 is 6.03. The van der Waals surface area contributed by atoms with E-state index in [2.05, 4.69) is 0 Å². The summed E-state index contributed by atoms with van der Waals surface area (Å²) in [7, 11) is 0. The molecule has 0 spiro atoms. The molecular weight excluding hydrogens is 404 g/mol. The van der Waals surface area contributed by atoms with Crippen LogP contribution in [0.5, 0.6) is 0 Å². The first-order valence-corrected chi connectivity index (χ1v) is 9.94. The summed E-state index contributed by atoms with van der Waals surface area (Å²) in [4.78, 5) is 4.79. The Balaban J connectivity index is 1.65. The van der Waals surface area contributed by atoms with E-state index in [0.29, 0.717) is 17.9 Å². The number of hydrogen-bond donors (Lipinski definition) is 1. The molecule has 0 aliphatic heterocycles. The first-order valence-electron chi connectivity index (χ1n) is 9.56. The number of halogens is 3. The van der Waals surface area contributed by atoms with Gasteiger partial charge in [-0.15, -0.1) is 0 Å². The minimum atomic E-state index is -0.308. The lowest BCUT2D eigenvalue weighted by Crippen LogP contribution is -2.13. The van der Waals surface area contributed by atoms with Crippen molar-refractivity contribution in [3.05, 3.63) is 118 Å². The Hall–Kier alpha value is -3.02. The molecule has 0 radical (unpaired) electrons. The van der Waals surface area contributed by atoms with E-state index in [1.54, 1.807) is 24.3 Å². The van der Waals surface area contributed by atoms with Crippen molar-refractivity contribution >= 4 is 11.6 Å². The van der Waals surface area contributed by atoms with Crippen molar-refractivity contribution in [2.75, 3.05) is 0 Å². The summed E-state index contributed by atoms with van der Waals surface area (Å²) in [5.41, 5.74) is 9.87. The van der Waals surface area contributed by atoms with Gasteiger partial charge < -0.3 is 10.3 Å². The van der Waals surface area contributed by atoms with Crippen LogP contribution in [0, 0.1) is 11.6 Å². The Bertz CT molecular complexity index is 1120. The number of imidazole rings is 1. The molecule has 0 amide bonds. The topological polar surface area (TPSA) is 43.8 Å². The third-order valence-corrected chi connectivity index (χ3v) is 5.19. The normalized spacial score (nSPS) is 12.1. The van der Waals surface area contributed by atoms with E-state index < -0.39 is 0 Å². The van der Waals surface area contributed by atoms with Crippen LogP contribution < -0.4 is 5.73 Å². The highest BCUT2D eigenvalue weighted by molar-refractivity contribution is 6.30. The molecule has 1 atom stereocenters. The Labute approximate surface area is 178 Å². The van der Waals surface area contributed by atoms with Crippen molar-refractivity contribution in [3.8, 4) is 5.69 Å². The maximum Gasteiger partial charge on any atom is 0.123 e. The fourth-order valence-corrected chi connectivity index (χ4v) is 3.48. The van der Waals surface area contributed by atoms with Gasteiger partial charge in [-0.25, -0.2) is 13.8 Å². The lowest BCUT2D eigenvalue weighted by atomic mass is 10.0. The van der Waals surface area contributed by atoms with Gasteiger partial charge in [-0.1, -0.05) is 35.9 Å². The van der Waals surface area contributed by atoms with Crippen LogP contribution in [0.4, 0.5) is 8.78 Å². The summed E-state index contributed by atoms with van der Waals surface area (Å²) in [6.45, 7) is 0. The number of benzene rings is 3. The molecule has 1 heterocycles. The van der Waals surface area contributed by atoms with Crippen molar-refractivity contribution in [1.29, 1.82) is 0 Å². The first kappa shape index (κ1) is 20.3. The zero-order valence-electron chi connectivity index (χ0n) is 16.1. The van der Waals surface area contributed by atoms with E-state index in [9.17, 15) is 8.78 Å². The minimum Gasteiger partial charge on any atom is -0.324 e. The van der Waals surface area contributed by atoms with Crippen LogP contribution in [0.2, 0.25) is 5.02 Å². The average Bonchev–Trinajstić information content (AvgIpc) is 3.12. The third-order valence-electron chi connectivity index (χ3n) is 4.94. The third kappa shape index (κ3) is 4.75. The SMILES string of the molecule is NC(Cc1cn(-c2ccc(Cl)cc2)c(Cc2ccc(F)cc2)n1)c1ccc(F)cc1. The van der Waals surface area contributed by atoms with Crippen molar-refractivity contribution < 1.29 is 8.78 Å². The molecule has 0 aliphatic carbocycles. The number of hydrogen-bond acceptors (Lipinski definition) is 2. The van der Waals surface area contributed by atoms with Gasteiger partial charge in [0.15, 0.2) is 0 Å². The molecule has 0 saturated carbocycles. The maximum atomic E-state index is 13.3. The predicted octanol–water partition coefficient (Wildman–Crippen LogP) is 5.64. The second-order valence-electron chi connectivity index (χ2n) is 7.16. The largest absolute Gasteiger partial charge is 0.324 e. The molecule has 0 aliphatic rings. The quantitative estimate of drug-likeness (QED) is 0.436. The van der Waals surface area contributed by atoms with Gasteiger partial charge >= 0.3 is 0 Å². The molecule has 4 rings (SSSR count). The molecule has 3 nitrogen and oxygen atoms in total. The van der Waals surface area contributed by atoms with Gasteiger partial charge in [0.05, 0.1) is 5.69 Å². The molecule has 1 aromatic heterocycles. The fourth-order valence-electron chi connectivity index (χ4n) is 3.36. The summed E-state index contributed by atoms with van der Waals surface area (Å²) in [5.74, 6) is 0.246. The van der Waals surface area contributed by atoms with Crippen LogP contribution in [-0.2, 0) is 12.8 Å². The van der Waals surface area contributed by atoms with Crippen molar-refractivity contribution in [2.24, 2.45) is 5.73 Å². The second kappa shape index (κ2) is 8.78. The molecule has 0 bridgehead atoms. The summed E-state index contributed by atoms with van der Waals surface area (Å²) in [6.07, 6.45) is 2.99. The van der Waals surface area contributed by atoms with E-state index in [-0.39, 0.29) is 17.7 Å². The number of nitrogens with zero attached hydrogens (tertiary/aromatic N) is 2. The summed E-state index contributed by atoms with van der Waals surface area (Å²) in [5, 5.41) is 0.650. The molecule has 6 heteroatoms. The van der Waals surface area contributed by atoms with E-state index in [4.69, 9.17) is 22.3 Å². The summed E-state index contributed by atoms with van der Waals surface area (Å²) < 4.78 is 28.5. The van der Waals surface area contributed by atoms with E-state index in [1.165, 1.54) is 24.3 Å². The van der Waals surface area contributed by atoms with Gasteiger partial charge in [-0.05, 0) is 59.7 Å². The number of aromatic nitrogens is 2. The van der Waals surface area contributed by atoms with Crippen LogP contribution in [0.15, 0.2) is 79.0 Å². The molecule has 0 fully saturated rings. The average molecular weight is 424 g/mol. The van der Waals surface area contributed by atoms with Crippen molar-refractivity contribution in [3.63, 3.8) is 0 Å². The Morgan fingerprint density at radius 2 is 1.47 bits per heavy atom. The molecule has 4 aromatic rings. The zero-order chi connectivity index (χ0) is 21.1. The minimum absolute atomic E-state index is 0.272. The van der Waals surface area contributed by atoms with Gasteiger partial charge in [0.25, 0.3) is 0 Å². The monoisotopic (exact) mass is 423 g/mol. The zero-order valence-corrected chi connectivity index (χ0v) is 16.9. The molecule has 0 saturated heterocycles.